The summed E-state index contributed by atoms with van der Waals surface area (Å²) in [5.41, 5.74) is 2.29. The predicted molar refractivity (Wildman–Crippen MR) is 121 cm³/mol. The van der Waals surface area contributed by atoms with Crippen molar-refractivity contribution in [2.24, 2.45) is 0 Å². The number of nitrogens with zero attached hydrogens (tertiary/aromatic N) is 5. The molecule has 0 spiro atoms. The Morgan fingerprint density at radius 3 is 2.79 bits per heavy atom. The molecule has 1 aliphatic heterocycles. The van der Waals surface area contributed by atoms with Crippen LogP contribution in [-0.2, 0) is 4.74 Å². The maximum Gasteiger partial charge on any atom is 0.256 e. The van der Waals surface area contributed by atoms with Crippen LogP contribution in [0.2, 0.25) is 5.28 Å². The van der Waals surface area contributed by atoms with Gasteiger partial charge in [-0.05, 0) is 30.7 Å². The Hall–Kier alpha value is -2.48. The molecule has 11 nitrogen and oxygen atoms in total. The van der Waals surface area contributed by atoms with Crippen LogP contribution in [0.1, 0.15) is 13.2 Å². The Labute approximate surface area is 196 Å². The van der Waals surface area contributed by atoms with Crippen LogP contribution in [0, 0.1) is 0 Å². The normalized spacial score (nSPS) is 24.0. The third-order valence-corrected chi connectivity index (χ3v) is 6.56. The number of hydrogen-bond donors (Lipinski definition) is 4. The van der Waals surface area contributed by atoms with Crippen molar-refractivity contribution >= 4 is 51.4 Å². The van der Waals surface area contributed by atoms with Crippen LogP contribution in [0.3, 0.4) is 0 Å². The van der Waals surface area contributed by atoms with Crippen molar-refractivity contribution in [3.8, 4) is 0 Å². The van der Waals surface area contributed by atoms with Crippen molar-refractivity contribution in [2.75, 3.05) is 17.7 Å². The van der Waals surface area contributed by atoms with Crippen LogP contribution in [0.4, 0.5) is 5.82 Å². The van der Waals surface area contributed by atoms with Gasteiger partial charge in [0, 0.05) is 11.8 Å². The Kier molecular flexibility index (Phi) is 6.12. The number of nitrogens with one attached hydrogen (secondary N) is 1. The summed E-state index contributed by atoms with van der Waals surface area (Å²) in [6.07, 6.45) is -2.97. The Bertz CT molecular complexity index is 1250. The molecule has 0 bridgehead atoms. The zero-order valence-electron chi connectivity index (χ0n) is 17.4. The van der Waals surface area contributed by atoms with E-state index in [-0.39, 0.29) is 11.3 Å². The molecule has 0 radical (unpaired) electrons. The number of ether oxygens (including phenoxy) is 1. The highest BCUT2D eigenvalue weighted by Crippen LogP contribution is 2.33. The maximum absolute atomic E-state index is 10.4. The number of hydrogen-bond acceptors (Lipinski definition) is 11. The first-order valence-electron chi connectivity index (χ1n) is 10.2. The molecule has 0 saturated carbocycles. The smallest absolute Gasteiger partial charge is 0.256 e. The highest BCUT2D eigenvalue weighted by molar-refractivity contribution is 7.99. The summed E-state index contributed by atoms with van der Waals surface area (Å²) in [5, 5.41) is 33.6. The molecule has 5 atom stereocenters. The second-order valence-electron chi connectivity index (χ2n) is 7.70. The van der Waals surface area contributed by atoms with Gasteiger partial charge in [-0.1, -0.05) is 23.9 Å². The van der Waals surface area contributed by atoms with Gasteiger partial charge in [0.05, 0.1) is 12.9 Å². The van der Waals surface area contributed by atoms with Crippen LogP contribution in [0.25, 0.3) is 22.3 Å². The first-order chi connectivity index (χ1) is 15.9. The molecule has 174 valence electrons. The van der Waals surface area contributed by atoms with Gasteiger partial charge in [-0.25, -0.2) is 9.97 Å². The molecule has 1 aromatic carbocycles. The number of benzene rings is 1. The van der Waals surface area contributed by atoms with Gasteiger partial charge >= 0.3 is 0 Å². The quantitative estimate of drug-likeness (QED) is 0.221. The number of aromatic nitrogens is 5. The number of rotatable bonds is 7. The van der Waals surface area contributed by atoms with E-state index >= 15 is 0 Å². The summed E-state index contributed by atoms with van der Waals surface area (Å²) in [5.74, 6) is 1.05. The average Bonchev–Trinajstić information content (AvgIpc) is 3.48. The number of oxazole rings is 1. The van der Waals surface area contributed by atoms with Gasteiger partial charge in [-0.2, -0.15) is 9.97 Å². The predicted octanol–water partition coefficient (Wildman–Crippen LogP) is 1.83. The summed E-state index contributed by atoms with van der Waals surface area (Å²) in [6, 6.07) is 7.52. The second-order valence-corrected chi connectivity index (χ2v) is 9.01. The van der Waals surface area contributed by atoms with Crippen molar-refractivity contribution in [1.82, 2.24) is 24.5 Å². The lowest BCUT2D eigenvalue weighted by atomic mass is 10.1. The molecule has 4 heterocycles. The molecule has 33 heavy (non-hydrogen) atoms. The number of anilines is 1. The second kappa shape index (κ2) is 9.05. The van der Waals surface area contributed by atoms with E-state index in [0.29, 0.717) is 28.0 Å². The standard InChI is InChI=1S/C20H21ClN6O5S/c1-9(7-33-20-24-10-4-2-3-5-11(10)32-20)23-16-13-17(26-19(21)25-16)27(8-22-13)18-15(30)14(29)12(6-28)31-18/h2-5,8-9,12,14-15,18,28-30H,6-7H2,1H3,(H,23,25,26)/t9-,12-,14-,15-,18-/m1/s1. The number of imidazole rings is 1. The fraction of sp³-hybridized carbons (Fsp3) is 0.400. The molecule has 0 unspecified atom stereocenters. The number of thioether (sulfide) groups is 1. The van der Waals surface area contributed by atoms with Gasteiger partial charge in [0.2, 0.25) is 5.28 Å². The lowest BCUT2D eigenvalue weighted by Gasteiger charge is -2.17. The van der Waals surface area contributed by atoms with Crippen LogP contribution in [-0.4, -0.2) is 76.5 Å². The molecule has 1 saturated heterocycles. The number of halogens is 1. The van der Waals surface area contributed by atoms with E-state index in [1.54, 1.807) is 0 Å². The number of aliphatic hydroxyl groups is 3. The van der Waals surface area contributed by atoms with Gasteiger partial charge < -0.3 is 29.8 Å². The average molecular weight is 493 g/mol. The molecular weight excluding hydrogens is 472 g/mol. The lowest BCUT2D eigenvalue weighted by molar-refractivity contribution is -0.0511. The molecular formula is C20H21ClN6O5S. The van der Waals surface area contributed by atoms with Crippen molar-refractivity contribution < 1.29 is 24.5 Å². The van der Waals surface area contributed by atoms with Crippen molar-refractivity contribution in [3.63, 3.8) is 0 Å². The summed E-state index contributed by atoms with van der Waals surface area (Å²) in [4.78, 5) is 17.3. The Morgan fingerprint density at radius 1 is 1.21 bits per heavy atom. The molecule has 1 aliphatic rings. The van der Waals surface area contributed by atoms with Gasteiger partial charge in [-0.3, -0.25) is 4.57 Å². The Balaban J connectivity index is 1.34. The Morgan fingerprint density at radius 2 is 2.03 bits per heavy atom. The molecule has 0 aliphatic carbocycles. The summed E-state index contributed by atoms with van der Waals surface area (Å²) in [7, 11) is 0. The fourth-order valence-electron chi connectivity index (χ4n) is 3.67. The van der Waals surface area contributed by atoms with E-state index in [1.165, 1.54) is 22.7 Å². The number of fused-ring (bicyclic) bond motifs is 2. The van der Waals surface area contributed by atoms with E-state index < -0.39 is 31.1 Å². The molecule has 4 N–H and O–H groups in total. The topological polar surface area (TPSA) is 152 Å². The van der Waals surface area contributed by atoms with Crippen molar-refractivity contribution in [3.05, 3.63) is 35.9 Å². The summed E-state index contributed by atoms with van der Waals surface area (Å²) in [6.45, 7) is 1.54. The maximum atomic E-state index is 10.4. The molecule has 4 aromatic rings. The highest BCUT2D eigenvalue weighted by atomic mass is 35.5. The van der Waals surface area contributed by atoms with E-state index in [9.17, 15) is 15.3 Å². The monoisotopic (exact) mass is 492 g/mol. The lowest BCUT2D eigenvalue weighted by Crippen LogP contribution is -2.33. The number of aliphatic hydroxyl groups excluding tert-OH is 3. The minimum atomic E-state index is -1.27. The van der Waals surface area contributed by atoms with Gasteiger partial charge in [-0.15, -0.1) is 0 Å². The zero-order chi connectivity index (χ0) is 23.1. The molecule has 13 heteroatoms. The third-order valence-electron chi connectivity index (χ3n) is 5.30. The van der Waals surface area contributed by atoms with Gasteiger partial charge in [0.1, 0.15) is 23.8 Å². The summed E-state index contributed by atoms with van der Waals surface area (Å²) < 4.78 is 12.8. The van der Waals surface area contributed by atoms with Crippen LogP contribution in [0.15, 0.2) is 40.2 Å². The van der Waals surface area contributed by atoms with E-state index in [1.807, 2.05) is 31.2 Å². The first kappa shape index (κ1) is 22.3. The third kappa shape index (κ3) is 4.25. The molecule has 0 amide bonds. The largest absolute Gasteiger partial charge is 0.431 e. The number of para-hydroxylation sites is 2. The van der Waals surface area contributed by atoms with E-state index in [2.05, 4.69) is 25.3 Å². The molecule has 1 fully saturated rings. The van der Waals surface area contributed by atoms with Crippen LogP contribution >= 0.6 is 23.4 Å². The van der Waals surface area contributed by atoms with Crippen molar-refractivity contribution in [1.29, 1.82) is 0 Å². The molecule has 5 rings (SSSR count). The van der Waals surface area contributed by atoms with Crippen LogP contribution in [0.5, 0.6) is 0 Å². The SMILES string of the molecule is C[C@H](CSc1nc2ccccc2o1)Nc1nc(Cl)nc2c1ncn2[C@@H]1O[C@H](CO)[C@@H](O)[C@H]1O. The van der Waals surface area contributed by atoms with Gasteiger partial charge in [0.25, 0.3) is 5.22 Å². The van der Waals surface area contributed by atoms with Gasteiger partial charge in [0.15, 0.2) is 28.8 Å². The first-order valence-corrected chi connectivity index (χ1v) is 11.6. The minimum absolute atomic E-state index is 0.0164. The van der Waals surface area contributed by atoms with E-state index in [0.717, 1.165) is 11.1 Å². The van der Waals surface area contributed by atoms with Crippen molar-refractivity contribution in [2.45, 2.75) is 42.7 Å². The summed E-state index contributed by atoms with van der Waals surface area (Å²) >= 11 is 7.62. The fourth-order valence-corrected chi connectivity index (χ4v) is 4.62. The van der Waals surface area contributed by atoms with Crippen LogP contribution < -0.4 is 5.32 Å². The minimum Gasteiger partial charge on any atom is -0.431 e. The zero-order valence-corrected chi connectivity index (χ0v) is 18.9. The molecule has 3 aromatic heterocycles. The van der Waals surface area contributed by atoms with E-state index in [4.69, 9.17) is 20.8 Å². The highest BCUT2D eigenvalue weighted by Gasteiger charge is 2.44.